The predicted molar refractivity (Wildman–Crippen MR) is 170 cm³/mol. The van der Waals surface area contributed by atoms with Crippen LogP contribution in [0.1, 0.15) is 67.0 Å². The number of carbonyl (C=O) groups is 1. The van der Waals surface area contributed by atoms with Crippen molar-refractivity contribution in [2.75, 3.05) is 18.0 Å². The highest BCUT2D eigenvalue weighted by molar-refractivity contribution is 7.19. The highest BCUT2D eigenvalue weighted by atomic mass is 32.1. The van der Waals surface area contributed by atoms with E-state index < -0.39 is 11.7 Å². The van der Waals surface area contributed by atoms with E-state index in [1.54, 1.807) is 23.0 Å². The van der Waals surface area contributed by atoms with Crippen LogP contribution >= 0.6 is 11.3 Å². The third kappa shape index (κ3) is 5.53. The van der Waals surface area contributed by atoms with Gasteiger partial charge in [0.2, 0.25) is 0 Å². The fourth-order valence-corrected chi connectivity index (χ4v) is 8.52. The Balaban J connectivity index is 0.00000109. The van der Waals surface area contributed by atoms with Crippen molar-refractivity contribution in [3.8, 4) is 11.1 Å². The molecule has 4 aromatic rings. The van der Waals surface area contributed by atoms with Crippen molar-refractivity contribution in [1.29, 1.82) is 0 Å². The number of aromatic nitrogens is 3. The summed E-state index contributed by atoms with van der Waals surface area (Å²) in [4.78, 5) is 41.8. The molecule has 2 N–H and O–H groups in total. The van der Waals surface area contributed by atoms with Gasteiger partial charge in [-0.2, -0.15) is 13.2 Å². The number of benzene rings is 1. The molecule has 13 heteroatoms. The Morgan fingerprint density at radius 1 is 1.09 bits per heavy atom. The van der Waals surface area contributed by atoms with Crippen LogP contribution in [0.15, 0.2) is 52.3 Å². The first kappa shape index (κ1) is 30.7. The fourth-order valence-electron chi connectivity index (χ4n) is 7.39. The van der Waals surface area contributed by atoms with E-state index in [-0.39, 0.29) is 41.9 Å². The molecule has 4 aliphatic rings. The molecule has 8 rings (SSSR count). The first-order chi connectivity index (χ1) is 22.1. The molecule has 0 amide bonds. The number of rotatable bonds is 5. The summed E-state index contributed by atoms with van der Waals surface area (Å²) in [5, 5.41) is 10.6. The largest absolute Gasteiger partial charge is 0.483 e. The lowest BCUT2D eigenvalue weighted by Gasteiger charge is -2.41. The molecule has 2 aliphatic carbocycles. The summed E-state index contributed by atoms with van der Waals surface area (Å²) in [7, 11) is 0. The lowest BCUT2D eigenvalue weighted by molar-refractivity contribution is -0.137. The molecule has 1 spiro atoms. The number of nitrogens with one attached hydrogen (secondary N) is 1. The van der Waals surface area contributed by atoms with E-state index in [2.05, 4.69) is 15.2 Å². The summed E-state index contributed by atoms with van der Waals surface area (Å²) in [6, 6.07) is 8.10. The first-order valence-corrected chi connectivity index (χ1v) is 16.5. The monoisotopic (exact) mass is 653 g/mol. The topological polar surface area (TPSA) is 109 Å². The van der Waals surface area contributed by atoms with Gasteiger partial charge in [-0.1, -0.05) is 0 Å². The van der Waals surface area contributed by atoms with Crippen molar-refractivity contribution in [2.45, 2.75) is 81.7 Å². The molecule has 2 saturated carbocycles. The maximum Gasteiger partial charge on any atom is 0.416 e. The van der Waals surface area contributed by atoms with E-state index in [0.717, 1.165) is 72.4 Å². The third-order valence-corrected chi connectivity index (χ3v) is 11.0. The van der Waals surface area contributed by atoms with Crippen LogP contribution in [0, 0.1) is 0 Å². The van der Waals surface area contributed by atoms with Crippen molar-refractivity contribution in [3.63, 3.8) is 0 Å². The van der Waals surface area contributed by atoms with Crippen molar-refractivity contribution in [1.82, 2.24) is 19.4 Å². The Bertz CT molecular complexity index is 1930. The second-order valence-electron chi connectivity index (χ2n) is 12.8. The second kappa shape index (κ2) is 11.7. The number of hydrogen-bond donors (Lipinski definition) is 2. The molecule has 0 bridgehead atoms. The number of thiophene rings is 1. The number of carboxylic acid groups (broad SMARTS) is 1. The van der Waals surface area contributed by atoms with Crippen LogP contribution < -0.4 is 21.5 Å². The highest BCUT2D eigenvalue weighted by Gasteiger charge is 2.46. The summed E-state index contributed by atoms with van der Waals surface area (Å²) in [5.41, 5.74) is 2.40. The normalized spacial score (nSPS) is 20.2. The van der Waals surface area contributed by atoms with E-state index in [1.807, 2.05) is 6.07 Å². The quantitative estimate of drug-likeness (QED) is 0.277. The third-order valence-electron chi connectivity index (χ3n) is 9.84. The number of hydrogen-bond acceptors (Lipinski definition) is 7. The zero-order valence-electron chi connectivity index (χ0n) is 25.1. The number of pyridine rings is 1. The van der Waals surface area contributed by atoms with Gasteiger partial charge in [-0.05, 0) is 81.2 Å². The van der Waals surface area contributed by atoms with Gasteiger partial charge in [0.15, 0.2) is 0 Å². The van der Waals surface area contributed by atoms with Gasteiger partial charge in [0.1, 0.15) is 0 Å². The van der Waals surface area contributed by atoms with Crippen LogP contribution in [0.5, 0.6) is 0 Å². The molecule has 5 heterocycles. The minimum Gasteiger partial charge on any atom is -0.483 e. The Hall–Kier alpha value is -3.97. The molecular weight excluding hydrogens is 619 g/mol. The van der Waals surface area contributed by atoms with Gasteiger partial charge in [-0.3, -0.25) is 23.7 Å². The molecule has 1 atom stereocenters. The number of alkyl halides is 3. The van der Waals surface area contributed by atoms with E-state index in [0.29, 0.717) is 23.1 Å². The first-order valence-electron chi connectivity index (χ1n) is 15.6. The lowest BCUT2D eigenvalue weighted by atomic mass is 9.75. The van der Waals surface area contributed by atoms with Gasteiger partial charge in [0.25, 0.3) is 12.0 Å². The Labute approximate surface area is 266 Å². The van der Waals surface area contributed by atoms with Gasteiger partial charge in [0.05, 0.1) is 22.3 Å². The number of fused-ring (bicyclic) bond motifs is 2. The van der Waals surface area contributed by atoms with Crippen LogP contribution in [0.25, 0.3) is 21.3 Å². The summed E-state index contributed by atoms with van der Waals surface area (Å²) in [6.45, 7) is 1.48. The molecule has 0 unspecified atom stereocenters. The maximum absolute atomic E-state index is 14.2. The summed E-state index contributed by atoms with van der Waals surface area (Å²) in [5.74, 6) is 0. The maximum atomic E-state index is 14.2. The molecule has 46 heavy (non-hydrogen) atoms. The van der Waals surface area contributed by atoms with E-state index in [1.165, 1.54) is 40.5 Å². The average Bonchev–Trinajstić information content (AvgIpc) is 3.59. The van der Waals surface area contributed by atoms with Crippen LogP contribution in [0.3, 0.4) is 0 Å². The van der Waals surface area contributed by atoms with Crippen molar-refractivity contribution < 1.29 is 23.1 Å². The summed E-state index contributed by atoms with van der Waals surface area (Å²) < 4.78 is 46.3. The fraction of sp³-hybridized carbons (Fsp3) is 0.455. The van der Waals surface area contributed by atoms with Gasteiger partial charge in [-0.15, -0.1) is 11.3 Å². The second-order valence-corrected chi connectivity index (χ2v) is 13.9. The molecular formula is C33H34F3N5O4S. The van der Waals surface area contributed by atoms with Gasteiger partial charge in [0, 0.05) is 70.9 Å². The minimum absolute atomic E-state index is 0.0916. The van der Waals surface area contributed by atoms with Crippen LogP contribution in [-0.4, -0.2) is 50.4 Å². The average molecular weight is 654 g/mol. The zero-order chi connectivity index (χ0) is 32.2. The molecule has 1 saturated heterocycles. The van der Waals surface area contributed by atoms with Crippen molar-refractivity contribution in [2.24, 2.45) is 0 Å². The van der Waals surface area contributed by atoms with E-state index in [9.17, 15) is 22.8 Å². The van der Waals surface area contributed by atoms with Crippen molar-refractivity contribution >= 4 is 33.7 Å². The van der Waals surface area contributed by atoms with Crippen molar-refractivity contribution in [3.05, 3.63) is 79.6 Å². The molecule has 242 valence electrons. The number of nitrogens with zero attached hydrogens (tertiary/aromatic N) is 4. The molecule has 1 aromatic carbocycles. The summed E-state index contributed by atoms with van der Waals surface area (Å²) >= 11 is 1.39. The number of halogens is 3. The number of anilines is 1. The molecule has 9 nitrogen and oxygen atoms in total. The van der Waals surface area contributed by atoms with Crippen LogP contribution in [-0.2, 0) is 23.9 Å². The molecule has 0 radical (unpaired) electrons. The van der Waals surface area contributed by atoms with Crippen LogP contribution in [0.2, 0.25) is 0 Å². The standard InChI is InChI=1S/C32H32F3N5O2S.CH2O2/c33-32(34,35)20-13-19-3-1-11-38(22-16-31(37-17-22)8-2-9-31)28(19)25(14-20)24-6-10-36-26-15-23(43-29(24)26)18-40-27(41)7-12-39(30(40)42)21-4-5-21;2-1-3/h6-7,10,12-15,21-22,37H,1-5,8-9,11,16-18H2;1H,(H,2,3)/t22-;/m0./s1. The van der Waals surface area contributed by atoms with Gasteiger partial charge in [-0.25, -0.2) is 4.79 Å². The zero-order valence-corrected chi connectivity index (χ0v) is 25.9. The SMILES string of the molecule is O=CO.O=c1ccn(C2CC2)c(=O)n1Cc1cc2nccc(-c3cc(C(F)(F)F)cc4c3N([C@@H]3CNC5(CCC5)C3)CCC4)c2s1. The van der Waals surface area contributed by atoms with E-state index in [4.69, 9.17) is 9.90 Å². The van der Waals surface area contributed by atoms with Crippen LogP contribution in [0.4, 0.5) is 18.9 Å². The summed E-state index contributed by atoms with van der Waals surface area (Å²) in [6.07, 6.45) is 6.53. The highest BCUT2D eigenvalue weighted by Crippen LogP contribution is 2.48. The predicted octanol–water partition coefficient (Wildman–Crippen LogP) is 5.43. The van der Waals surface area contributed by atoms with Gasteiger partial charge >= 0.3 is 11.9 Å². The molecule has 3 aromatic heterocycles. The van der Waals surface area contributed by atoms with E-state index >= 15 is 0 Å². The Morgan fingerprint density at radius 2 is 1.87 bits per heavy atom. The smallest absolute Gasteiger partial charge is 0.416 e. The Kier molecular flexibility index (Phi) is 7.79. The molecule has 3 fully saturated rings. The Morgan fingerprint density at radius 3 is 2.54 bits per heavy atom. The van der Waals surface area contributed by atoms with Gasteiger partial charge < -0.3 is 15.3 Å². The minimum atomic E-state index is -4.47. The lowest BCUT2D eigenvalue weighted by Crippen LogP contribution is -2.46. The molecule has 2 aliphatic heterocycles. The number of aryl methyl sites for hydroxylation is 1.